The van der Waals surface area contributed by atoms with E-state index in [1.807, 2.05) is 19.1 Å². The Bertz CT molecular complexity index is 423. The number of carbonyl (C=O) groups excluding carboxylic acids is 1. The first kappa shape index (κ1) is 14.9. The third-order valence-corrected chi connectivity index (χ3v) is 3.87. The molecule has 0 bridgehead atoms. The van der Waals surface area contributed by atoms with Crippen molar-refractivity contribution in [3.63, 3.8) is 0 Å². The summed E-state index contributed by atoms with van der Waals surface area (Å²) in [5.74, 6) is 1.36. The van der Waals surface area contributed by atoms with Crippen LogP contribution in [0.5, 0.6) is 5.75 Å². The molecule has 1 amide bonds. The van der Waals surface area contributed by atoms with Gasteiger partial charge in [-0.05, 0) is 62.8 Å². The summed E-state index contributed by atoms with van der Waals surface area (Å²) in [6.45, 7) is 3.32. The van der Waals surface area contributed by atoms with Gasteiger partial charge in [0, 0.05) is 18.2 Å². The standard InChI is InChI=1S/C16H24N2O2/c1-2-20-15-9-5-13(6-10-15)16(19)18-11-12-3-7-14(17)8-4-12/h5-6,9-10,12,14H,2-4,7-8,11,17H2,1H3,(H,18,19). The lowest BCUT2D eigenvalue weighted by atomic mass is 9.86. The van der Waals surface area contributed by atoms with Crippen molar-refractivity contribution in [2.75, 3.05) is 13.2 Å². The Morgan fingerprint density at radius 2 is 1.90 bits per heavy atom. The van der Waals surface area contributed by atoms with Crippen LogP contribution in [0, 0.1) is 5.92 Å². The van der Waals surface area contributed by atoms with E-state index < -0.39 is 0 Å². The molecule has 4 nitrogen and oxygen atoms in total. The molecule has 0 radical (unpaired) electrons. The Hall–Kier alpha value is -1.55. The summed E-state index contributed by atoms with van der Waals surface area (Å²) in [6.07, 6.45) is 4.38. The van der Waals surface area contributed by atoms with Crippen LogP contribution in [-0.4, -0.2) is 25.1 Å². The molecule has 1 fully saturated rings. The fraction of sp³-hybridized carbons (Fsp3) is 0.562. The van der Waals surface area contributed by atoms with Gasteiger partial charge in [0.2, 0.25) is 0 Å². The average Bonchev–Trinajstić information content (AvgIpc) is 2.47. The number of hydrogen-bond acceptors (Lipinski definition) is 3. The summed E-state index contributed by atoms with van der Waals surface area (Å²) in [5, 5.41) is 3.01. The van der Waals surface area contributed by atoms with Crippen molar-refractivity contribution in [3.8, 4) is 5.75 Å². The topological polar surface area (TPSA) is 64.3 Å². The molecule has 0 spiro atoms. The number of ether oxygens (including phenoxy) is 1. The number of carbonyl (C=O) groups is 1. The van der Waals surface area contributed by atoms with E-state index >= 15 is 0 Å². The van der Waals surface area contributed by atoms with E-state index in [9.17, 15) is 4.79 Å². The third-order valence-electron chi connectivity index (χ3n) is 3.87. The van der Waals surface area contributed by atoms with Gasteiger partial charge in [0.1, 0.15) is 5.75 Å². The van der Waals surface area contributed by atoms with Crippen molar-refractivity contribution in [2.45, 2.75) is 38.6 Å². The predicted octanol–water partition coefficient (Wildman–Crippen LogP) is 2.33. The number of benzene rings is 1. The second-order valence-electron chi connectivity index (χ2n) is 5.45. The molecule has 1 saturated carbocycles. The minimum absolute atomic E-state index is 0.0112. The van der Waals surface area contributed by atoms with Crippen LogP contribution in [0.25, 0.3) is 0 Å². The molecule has 0 saturated heterocycles. The van der Waals surface area contributed by atoms with Crippen molar-refractivity contribution in [2.24, 2.45) is 11.7 Å². The number of nitrogens with one attached hydrogen (secondary N) is 1. The lowest BCUT2D eigenvalue weighted by molar-refractivity contribution is 0.0943. The molecule has 1 aliphatic carbocycles. The van der Waals surface area contributed by atoms with E-state index in [-0.39, 0.29) is 5.91 Å². The molecule has 0 heterocycles. The van der Waals surface area contributed by atoms with Gasteiger partial charge in [0.25, 0.3) is 5.91 Å². The number of nitrogens with two attached hydrogens (primary N) is 1. The quantitative estimate of drug-likeness (QED) is 0.867. The third kappa shape index (κ3) is 4.23. The Kier molecular flexibility index (Phi) is 5.41. The molecule has 1 aromatic carbocycles. The maximum Gasteiger partial charge on any atom is 0.251 e. The molecule has 20 heavy (non-hydrogen) atoms. The normalized spacial score (nSPS) is 22.3. The molecule has 0 atom stereocenters. The van der Waals surface area contributed by atoms with Crippen LogP contribution in [0.1, 0.15) is 43.0 Å². The highest BCUT2D eigenvalue weighted by Gasteiger charge is 2.19. The van der Waals surface area contributed by atoms with Gasteiger partial charge >= 0.3 is 0 Å². The second kappa shape index (κ2) is 7.29. The highest BCUT2D eigenvalue weighted by atomic mass is 16.5. The molecule has 1 aliphatic rings. The van der Waals surface area contributed by atoms with Gasteiger partial charge in [0.05, 0.1) is 6.61 Å². The molecule has 2 rings (SSSR count). The highest BCUT2D eigenvalue weighted by molar-refractivity contribution is 5.94. The lowest BCUT2D eigenvalue weighted by Gasteiger charge is -2.26. The SMILES string of the molecule is CCOc1ccc(C(=O)NCC2CCC(N)CC2)cc1. The lowest BCUT2D eigenvalue weighted by Crippen LogP contribution is -2.34. The van der Waals surface area contributed by atoms with Crippen LogP contribution in [0.15, 0.2) is 24.3 Å². The molecule has 0 unspecified atom stereocenters. The van der Waals surface area contributed by atoms with E-state index in [0.29, 0.717) is 24.1 Å². The first-order chi connectivity index (χ1) is 9.69. The number of hydrogen-bond donors (Lipinski definition) is 2. The van der Waals surface area contributed by atoms with Crippen molar-refractivity contribution < 1.29 is 9.53 Å². The molecule has 3 N–H and O–H groups in total. The average molecular weight is 276 g/mol. The summed E-state index contributed by atoms with van der Waals surface area (Å²) in [7, 11) is 0. The van der Waals surface area contributed by atoms with E-state index in [4.69, 9.17) is 10.5 Å². The summed E-state index contributed by atoms with van der Waals surface area (Å²) < 4.78 is 5.36. The van der Waals surface area contributed by atoms with Crippen LogP contribution < -0.4 is 15.8 Å². The number of rotatable bonds is 5. The number of amides is 1. The predicted molar refractivity (Wildman–Crippen MR) is 79.9 cm³/mol. The molecule has 110 valence electrons. The minimum Gasteiger partial charge on any atom is -0.494 e. The summed E-state index contributed by atoms with van der Waals surface area (Å²) >= 11 is 0. The van der Waals surface area contributed by atoms with Gasteiger partial charge in [-0.15, -0.1) is 0 Å². The maximum absolute atomic E-state index is 12.0. The van der Waals surface area contributed by atoms with Gasteiger partial charge in [-0.2, -0.15) is 0 Å². The first-order valence-electron chi connectivity index (χ1n) is 7.45. The summed E-state index contributed by atoms with van der Waals surface area (Å²) in [4.78, 5) is 12.0. The zero-order valence-corrected chi connectivity index (χ0v) is 12.1. The Balaban J connectivity index is 1.79. The van der Waals surface area contributed by atoms with Crippen LogP contribution in [0.4, 0.5) is 0 Å². The zero-order valence-electron chi connectivity index (χ0n) is 12.1. The molecular formula is C16H24N2O2. The van der Waals surface area contributed by atoms with Gasteiger partial charge in [-0.25, -0.2) is 0 Å². The smallest absolute Gasteiger partial charge is 0.251 e. The van der Waals surface area contributed by atoms with Crippen molar-refractivity contribution in [1.29, 1.82) is 0 Å². The van der Waals surface area contributed by atoms with Gasteiger partial charge < -0.3 is 15.8 Å². The van der Waals surface area contributed by atoms with E-state index in [1.54, 1.807) is 12.1 Å². The van der Waals surface area contributed by atoms with Crippen LogP contribution in [0.3, 0.4) is 0 Å². The van der Waals surface area contributed by atoms with Gasteiger partial charge in [0.15, 0.2) is 0 Å². The summed E-state index contributed by atoms with van der Waals surface area (Å²) in [6, 6.07) is 7.62. The van der Waals surface area contributed by atoms with E-state index in [2.05, 4.69) is 5.32 Å². The van der Waals surface area contributed by atoms with Crippen molar-refractivity contribution in [3.05, 3.63) is 29.8 Å². The largest absolute Gasteiger partial charge is 0.494 e. The fourth-order valence-corrected chi connectivity index (χ4v) is 2.60. The van der Waals surface area contributed by atoms with Crippen molar-refractivity contribution >= 4 is 5.91 Å². The molecule has 4 heteroatoms. The maximum atomic E-state index is 12.0. The summed E-state index contributed by atoms with van der Waals surface area (Å²) in [5.41, 5.74) is 6.56. The van der Waals surface area contributed by atoms with Crippen molar-refractivity contribution in [1.82, 2.24) is 5.32 Å². The van der Waals surface area contributed by atoms with Crippen LogP contribution in [-0.2, 0) is 0 Å². The molecule has 0 aromatic heterocycles. The molecule has 1 aromatic rings. The van der Waals surface area contributed by atoms with Crippen LogP contribution in [0.2, 0.25) is 0 Å². The van der Waals surface area contributed by atoms with E-state index in [1.165, 1.54) is 0 Å². The highest BCUT2D eigenvalue weighted by Crippen LogP contribution is 2.22. The Morgan fingerprint density at radius 1 is 1.25 bits per heavy atom. The minimum atomic E-state index is -0.0112. The Morgan fingerprint density at radius 3 is 2.50 bits per heavy atom. The molecular weight excluding hydrogens is 252 g/mol. The van der Waals surface area contributed by atoms with Crippen LogP contribution >= 0.6 is 0 Å². The monoisotopic (exact) mass is 276 g/mol. The first-order valence-corrected chi connectivity index (χ1v) is 7.45. The van der Waals surface area contributed by atoms with Gasteiger partial charge in [-0.3, -0.25) is 4.79 Å². The second-order valence-corrected chi connectivity index (χ2v) is 5.45. The van der Waals surface area contributed by atoms with E-state index in [0.717, 1.165) is 38.0 Å². The zero-order chi connectivity index (χ0) is 14.4. The van der Waals surface area contributed by atoms with Gasteiger partial charge in [-0.1, -0.05) is 0 Å². The Labute approximate surface area is 120 Å². The fourth-order valence-electron chi connectivity index (χ4n) is 2.60. The molecule has 0 aliphatic heterocycles.